The highest BCUT2D eigenvalue weighted by molar-refractivity contribution is 14.2. The van der Waals surface area contributed by atoms with Gasteiger partial charge in [-0.05, 0) is 20.9 Å². The number of nitrogens with zero attached hydrogens (tertiary/aromatic N) is 8. The van der Waals surface area contributed by atoms with E-state index in [9.17, 15) is 0 Å². The van der Waals surface area contributed by atoms with E-state index in [2.05, 4.69) is 40.7 Å². The summed E-state index contributed by atoms with van der Waals surface area (Å²) in [6.45, 7) is 0. The summed E-state index contributed by atoms with van der Waals surface area (Å²) in [5.41, 5.74) is 12.9. The molecule has 14 heteroatoms. The summed E-state index contributed by atoms with van der Waals surface area (Å²) in [5, 5.41) is 14.7. The number of hydrogen-bond donors (Lipinski definition) is 3. The minimum atomic E-state index is -2.43. The quantitative estimate of drug-likeness (QED) is 0.220. The van der Waals surface area contributed by atoms with Gasteiger partial charge in [0.25, 0.3) is 0 Å². The number of halogens is 1. The Bertz CT molecular complexity index is 300. The lowest BCUT2D eigenvalue weighted by atomic mass is 12.6. The molecule has 14 heavy (non-hydrogen) atoms. The van der Waals surface area contributed by atoms with Gasteiger partial charge in [-0.25, -0.2) is 0 Å². The van der Waals surface area contributed by atoms with Gasteiger partial charge in [-0.2, -0.15) is 11.1 Å². The first-order chi connectivity index (χ1) is 6.68. The van der Waals surface area contributed by atoms with Crippen molar-refractivity contribution >= 4 is 34.6 Å². The van der Waals surface area contributed by atoms with Gasteiger partial charge in [-0.1, -0.05) is 5.22 Å². The second-order valence-electron chi connectivity index (χ2n) is 1.35. The molecule has 0 heterocycles. The van der Waals surface area contributed by atoms with E-state index in [1.54, 1.807) is 0 Å². The fourth-order valence-corrected chi connectivity index (χ4v) is 2.96. The monoisotopic (exact) mass is 347 g/mol. The molecule has 1 atom stereocenters. The average molecular weight is 347 g/mol. The zero-order valence-corrected chi connectivity index (χ0v) is 10.4. The number of rotatable bonds is 5. The molecule has 0 saturated heterocycles. The maximum absolute atomic E-state index is 6.45. The van der Waals surface area contributed by atoms with Gasteiger partial charge in [0.05, 0.1) is 0 Å². The van der Waals surface area contributed by atoms with Crippen molar-refractivity contribution < 1.29 is 0 Å². The highest BCUT2D eigenvalue weighted by Crippen LogP contribution is 2.71. The number of nitrogens with one attached hydrogen (secondary N) is 2. The minimum absolute atomic E-state index is 0.289. The van der Waals surface area contributed by atoms with Gasteiger partial charge < -0.3 is 5.84 Å². The van der Waals surface area contributed by atoms with E-state index in [4.69, 9.17) is 16.9 Å². The fraction of sp³-hybridized carbons (Fsp3) is 0. The van der Waals surface area contributed by atoms with Crippen LogP contribution >= 0.6 is 34.6 Å². The normalized spacial score (nSPS) is 16.1. The van der Waals surface area contributed by atoms with E-state index in [1.165, 1.54) is 0 Å². The zero-order chi connectivity index (χ0) is 10.9. The molecule has 0 aromatic heterocycles. The van der Waals surface area contributed by atoms with Gasteiger partial charge in [0, 0.05) is 22.0 Å². The van der Waals surface area contributed by atoms with Crippen LogP contribution in [0.3, 0.4) is 0 Å². The third-order valence-electron chi connectivity index (χ3n) is 0.603. The Morgan fingerprint density at radius 2 is 1.93 bits per heavy atom. The van der Waals surface area contributed by atoms with Crippen LogP contribution in [0.2, 0.25) is 0 Å². The van der Waals surface area contributed by atoms with Crippen molar-refractivity contribution in [3.05, 3.63) is 0 Å². The fourth-order valence-electron chi connectivity index (χ4n) is 0.269. The van der Waals surface area contributed by atoms with Crippen LogP contribution in [0, 0.1) is 11.1 Å². The van der Waals surface area contributed by atoms with Gasteiger partial charge in [0.2, 0.25) is 4.54 Å². The Hall–Kier alpha value is -0.740. The number of hydrogen-bond acceptors (Lipinski definition) is 3. The molecule has 0 aliphatic heterocycles. The standard InChI is InChI=1S/H4IN11P2/c1-14(11-8-5-2,12-9-6-3)13-10-7-4/h2,4H,(H2,3,9)/b5-2?,7-4?,11-8+. The molecule has 4 N–H and O–H groups in total. The van der Waals surface area contributed by atoms with Crippen LogP contribution < -0.4 is 5.84 Å². The molecule has 1 unspecified atom stereocenters. The summed E-state index contributed by atoms with van der Waals surface area (Å²) in [6.07, 6.45) is 0. The summed E-state index contributed by atoms with van der Waals surface area (Å²) in [5.74, 6) is 4.75. The lowest BCUT2D eigenvalue weighted by Gasteiger charge is -1.95. The topological polar surface area (TPSA) is 173 Å². The SMILES string of the molecule is N=N/N=N/P(I)(=N/N=N/N)/P=N/N=N. The lowest BCUT2D eigenvalue weighted by Crippen LogP contribution is -1.70. The van der Waals surface area contributed by atoms with E-state index in [0.29, 0.717) is 0 Å². The molecule has 0 rings (SSSR count). The van der Waals surface area contributed by atoms with Crippen LogP contribution in [-0.2, 0) is 0 Å². The van der Waals surface area contributed by atoms with Crippen LogP contribution in [0.5, 0.6) is 0 Å². The Morgan fingerprint density at radius 1 is 1.21 bits per heavy atom. The molecule has 0 fully saturated rings. The van der Waals surface area contributed by atoms with E-state index in [-0.39, 0.29) is 8.06 Å². The van der Waals surface area contributed by atoms with E-state index >= 15 is 0 Å². The van der Waals surface area contributed by atoms with Crippen molar-refractivity contribution in [1.29, 1.82) is 11.1 Å². The molecule has 0 bridgehead atoms. The molecule has 0 aliphatic carbocycles. The van der Waals surface area contributed by atoms with Gasteiger partial charge in [-0.3, -0.25) is 0 Å². The first-order valence-corrected chi connectivity index (χ1v) is 8.71. The molecule has 0 saturated carbocycles. The van der Waals surface area contributed by atoms with Crippen molar-refractivity contribution in [2.45, 2.75) is 0 Å². The Kier molecular flexibility index (Phi) is 7.24. The van der Waals surface area contributed by atoms with Crippen LogP contribution in [-0.4, -0.2) is 0 Å². The summed E-state index contributed by atoms with van der Waals surface area (Å²) < 4.78 is -2.43. The van der Waals surface area contributed by atoms with Crippen molar-refractivity contribution in [3.8, 4) is 0 Å². The van der Waals surface area contributed by atoms with Gasteiger partial charge >= 0.3 is 0 Å². The molecule has 76 valence electrons. The summed E-state index contributed by atoms with van der Waals surface area (Å²) in [4.78, 5) is 10.6. The van der Waals surface area contributed by atoms with Crippen molar-refractivity contribution in [2.24, 2.45) is 46.6 Å². The third-order valence-corrected chi connectivity index (χ3v) is 5.91. The van der Waals surface area contributed by atoms with Gasteiger partial charge in [0.15, 0.2) is 0 Å². The Morgan fingerprint density at radius 3 is 2.43 bits per heavy atom. The largest absolute Gasteiger partial charge is 0.303 e. The first kappa shape index (κ1) is 13.3. The maximum Gasteiger partial charge on any atom is 0.248 e. The molecule has 0 aromatic carbocycles. The second-order valence-corrected chi connectivity index (χ2v) is 11.6. The molecule has 0 spiro atoms. The predicted octanol–water partition coefficient (Wildman–Crippen LogP) is 4.08. The highest BCUT2D eigenvalue weighted by atomic mass is 127. The smallest absolute Gasteiger partial charge is 0.248 e. The minimum Gasteiger partial charge on any atom is -0.303 e. The first-order valence-electron chi connectivity index (χ1n) is 2.67. The maximum atomic E-state index is 6.45. The Labute approximate surface area is 92.3 Å². The van der Waals surface area contributed by atoms with Crippen molar-refractivity contribution in [1.82, 2.24) is 0 Å². The van der Waals surface area contributed by atoms with Crippen LogP contribution in [0.25, 0.3) is 0 Å². The van der Waals surface area contributed by atoms with Crippen LogP contribution in [0.1, 0.15) is 0 Å². The van der Waals surface area contributed by atoms with Crippen LogP contribution in [0.15, 0.2) is 40.7 Å². The highest BCUT2D eigenvalue weighted by Gasteiger charge is 2.13. The number of nitrogens with two attached hydrogens (primary N) is 1. The van der Waals surface area contributed by atoms with Crippen LogP contribution in [0.4, 0.5) is 0 Å². The molecule has 11 nitrogen and oxygen atoms in total. The Balaban J connectivity index is 5.02. The molecule has 0 radical (unpaired) electrons. The van der Waals surface area contributed by atoms with E-state index < -0.39 is 4.54 Å². The van der Waals surface area contributed by atoms with Gasteiger partial charge in [-0.15, -0.1) is 14.6 Å². The predicted molar refractivity (Wildman–Crippen MR) is 56.9 cm³/mol. The van der Waals surface area contributed by atoms with E-state index in [1.807, 2.05) is 22.0 Å². The molecule has 0 aliphatic rings. The molecule has 0 aromatic rings. The van der Waals surface area contributed by atoms with Crippen molar-refractivity contribution in [3.63, 3.8) is 0 Å². The third kappa shape index (κ3) is 5.83. The molecular formula is H4IN11P2. The summed E-state index contributed by atoms with van der Waals surface area (Å²) >= 11 is 1.83. The van der Waals surface area contributed by atoms with Gasteiger partial charge in [0.1, 0.15) is 8.06 Å². The second kappa shape index (κ2) is 7.64. The molecule has 0 amide bonds. The molecular weight excluding hydrogens is 343 g/mol. The summed E-state index contributed by atoms with van der Waals surface area (Å²) in [7, 11) is 0.289. The zero-order valence-electron chi connectivity index (χ0n) is 6.43. The lowest BCUT2D eigenvalue weighted by molar-refractivity contribution is 0.925. The van der Waals surface area contributed by atoms with E-state index in [0.717, 1.165) is 0 Å². The average Bonchev–Trinajstić information content (AvgIpc) is 2.21. The summed E-state index contributed by atoms with van der Waals surface area (Å²) in [6, 6.07) is 0. The van der Waals surface area contributed by atoms with Crippen molar-refractivity contribution in [2.75, 3.05) is 0 Å².